The number of nitrogens with two attached hydrogens (primary N) is 1. The van der Waals surface area contributed by atoms with E-state index in [9.17, 15) is 13.2 Å². The summed E-state index contributed by atoms with van der Waals surface area (Å²) in [5.41, 5.74) is 0.775. The van der Waals surface area contributed by atoms with Gasteiger partial charge in [0.25, 0.3) is 5.91 Å². The second kappa shape index (κ2) is 6.03. The average Bonchev–Trinajstić information content (AvgIpc) is 2.34. The summed E-state index contributed by atoms with van der Waals surface area (Å²) in [6.45, 7) is 0.638. The fourth-order valence-electron chi connectivity index (χ4n) is 2.29. The Bertz CT molecular complexity index is 637. The number of rotatable bonds is 5. The molecule has 1 fully saturated rings. The first-order valence-electron chi connectivity index (χ1n) is 6.91. The first-order chi connectivity index (χ1) is 9.79. The molecule has 6 nitrogen and oxygen atoms in total. The predicted molar refractivity (Wildman–Crippen MR) is 81.8 cm³/mol. The molecule has 0 saturated heterocycles. The zero-order valence-corrected chi connectivity index (χ0v) is 13.1. The van der Waals surface area contributed by atoms with Gasteiger partial charge in [-0.25, -0.2) is 13.6 Å². The molecule has 1 aliphatic rings. The third kappa shape index (κ3) is 3.74. The Morgan fingerprint density at radius 2 is 2.05 bits per heavy atom. The van der Waals surface area contributed by atoms with Crippen molar-refractivity contribution in [1.82, 2.24) is 5.32 Å². The van der Waals surface area contributed by atoms with Gasteiger partial charge in [0.2, 0.25) is 10.0 Å². The van der Waals surface area contributed by atoms with E-state index in [0.717, 1.165) is 12.8 Å². The lowest BCUT2D eigenvalue weighted by Crippen LogP contribution is -2.32. The molecular formula is C14H21N3O3S. The van der Waals surface area contributed by atoms with E-state index in [1.54, 1.807) is 31.1 Å². The maximum absolute atomic E-state index is 12.1. The summed E-state index contributed by atoms with van der Waals surface area (Å²) < 4.78 is 23.3. The molecule has 1 amide bonds. The van der Waals surface area contributed by atoms with Gasteiger partial charge in [-0.05, 0) is 37.0 Å². The van der Waals surface area contributed by atoms with E-state index in [1.165, 1.54) is 12.5 Å². The summed E-state index contributed by atoms with van der Waals surface area (Å²) in [6.07, 6.45) is 3.50. The minimum Gasteiger partial charge on any atom is -0.377 e. The van der Waals surface area contributed by atoms with E-state index < -0.39 is 10.0 Å². The highest BCUT2D eigenvalue weighted by molar-refractivity contribution is 7.89. The summed E-state index contributed by atoms with van der Waals surface area (Å²) in [4.78, 5) is 13.7. The third-order valence-corrected chi connectivity index (χ3v) is 4.73. The number of nitrogens with one attached hydrogen (secondary N) is 1. The first-order valence-corrected chi connectivity index (χ1v) is 8.46. The molecule has 0 radical (unpaired) electrons. The smallest absolute Gasteiger partial charge is 0.251 e. The van der Waals surface area contributed by atoms with Crippen LogP contribution in [-0.4, -0.2) is 35.0 Å². The van der Waals surface area contributed by atoms with E-state index in [1.807, 2.05) is 0 Å². The van der Waals surface area contributed by atoms with Crippen LogP contribution in [0.2, 0.25) is 0 Å². The molecule has 1 aromatic carbocycles. The molecule has 0 bridgehead atoms. The number of benzene rings is 1. The van der Waals surface area contributed by atoms with Crippen LogP contribution in [0.25, 0.3) is 0 Å². The van der Waals surface area contributed by atoms with Crippen molar-refractivity contribution in [2.45, 2.75) is 24.2 Å². The summed E-state index contributed by atoms with van der Waals surface area (Å²) >= 11 is 0. The second-order valence-corrected chi connectivity index (χ2v) is 7.16. The lowest BCUT2D eigenvalue weighted by atomic mass is 9.85. The van der Waals surface area contributed by atoms with Crippen LogP contribution in [0.15, 0.2) is 23.1 Å². The molecule has 3 N–H and O–H groups in total. The van der Waals surface area contributed by atoms with Crippen molar-refractivity contribution >= 4 is 21.6 Å². The van der Waals surface area contributed by atoms with Gasteiger partial charge in [0.05, 0.1) is 5.69 Å². The largest absolute Gasteiger partial charge is 0.377 e. The molecular weight excluding hydrogens is 290 g/mol. The van der Waals surface area contributed by atoms with Crippen LogP contribution in [0, 0.1) is 5.92 Å². The number of amides is 1. The van der Waals surface area contributed by atoms with E-state index >= 15 is 0 Å². The SMILES string of the molecule is CN(C)c1ccc(C(=O)NCC2CCC2)cc1S(N)(=O)=O. The summed E-state index contributed by atoms with van der Waals surface area (Å²) in [5, 5.41) is 8.07. The van der Waals surface area contributed by atoms with Crippen molar-refractivity contribution in [3.8, 4) is 0 Å². The van der Waals surface area contributed by atoms with Crippen LogP contribution < -0.4 is 15.4 Å². The van der Waals surface area contributed by atoms with Gasteiger partial charge in [-0.15, -0.1) is 0 Å². The Hall–Kier alpha value is -1.60. The molecule has 0 aliphatic heterocycles. The molecule has 1 aliphatic carbocycles. The minimum atomic E-state index is -3.88. The van der Waals surface area contributed by atoms with Gasteiger partial charge < -0.3 is 10.2 Å². The second-order valence-electron chi connectivity index (χ2n) is 5.63. The number of carbonyl (C=O) groups excluding carboxylic acids is 1. The van der Waals surface area contributed by atoms with Crippen LogP contribution in [0.5, 0.6) is 0 Å². The molecule has 0 aromatic heterocycles. The van der Waals surface area contributed by atoms with Gasteiger partial charge in [-0.1, -0.05) is 6.42 Å². The van der Waals surface area contributed by atoms with E-state index in [0.29, 0.717) is 23.7 Å². The van der Waals surface area contributed by atoms with Crippen LogP contribution in [0.1, 0.15) is 29.6 Å². The minimum absolute atomic E-state index is 0.0382. The van der Waals surface area contributed by atoms with Crippen LogP contribution in [0.3, 0.4) is 0 Å². The zero-order valence-electron chi connectivity index (χ0n) is 12.3. The molecule has 1 saturated carbocycles. The Kier molecular flexibility index (Phi) is 4.53. The molecule has 0 atom stereocenters. The summed E-state index contributed by atoms with van der Waals surface area (Å²) in [6, 6.07) is 4.54. The van der Waals surface area contributed by atoms with Crippen molar-refractivity contribution in [2.24, 2.45) is 11.1 Å². The van der Waals surface area contributed by atoms with Gasteiger partial charge in [-0.3, -0.25) is 4.79 Å². The fraction of sp³-hybridized carbons (Fsp3) is 0.500. The molecule has 0 heterocycles. The Labute approximate surface area is 125 Å². The Morgan fingerprint density at radius 1 is 1.38 bits per heavy atom. The van der Waals surface area contributed by atoms with Gasteiger partial charge in [0.1, 0.15) is 4.90 Å². The van der Waals surface area contributed by atoms with Gasteiger partial charge in [0, 0.05) is 26.2 Å². The maximum atomic E-state index is 12.1. The van der Waals surface area contributed by atoms with Gasteiger partial charge in [0.15, 0.2) is 0 Å². The molecule has 0 unspecified atom stereocenters. The highest BCUT2D eigenvalue weighted by atomic mass is 32.2. The topological polar surface area (TPSA) is 92.5 Å². The summed E-state index contributed by atoms with van der Waals surface area (Å²) in [7, 11) is -0.436. The number of primary sulfonamides is 1. The number of carbonyl (C=O) groups is 1. The van der Waals surface area contributed by atoms with E-state index in [4.69, 9.17) is 5.14 Å². The number of hydrogen-bond acceptors (Lipinski definition) is 4. The van der Waals surface area contributed by atoms with Crippen molar-refractivity contribution in [3.63, 3.8) is 0 Å². The van der Waals surface area contributed by atoms with Gasteiger partial charge >= 0.3 is 0 Å². The quantitative estimate of drug-likeness (QED) is 0.846. The first kappa shape index (κ1) is 15.8. The van der Waals surface area contributed by atoms with Crippen molar-refractivity contribution in [3.05, 3.63) is 23.8 Å². The van der Waals surface area contributed by atoms with E-state index in [2.05, 4.69) is 5.32 Å². The van der Waals surface area contributed by atoms with Crippen LogP contribution in [0.4, 0.5) is 5.69 Å². The normalized spacial score (nSPS) is 15.4. The lowest BCUT2D eigenvalue weighted by molar-refractivity contribution is 0.0939. The predicted octanol–water partition coefficient (Wildman–Crippen LogP) is 0.930. The van der Waals surface area contributed by atoms with Crippen molar-refractivity contribution < 1.29 is 13.2 Å². The Balaban J connectivity index is 2.22. The average molecular weight is 311 g/mol. The molecule has 7 heteroatoms. The molecule has 1 aromatic rings. The van der Waals surface area contributed by atoms with Crippen molar-refractivity contribution in [2.75, 3.05) is 25.5 Å². The van der Waals surface area contributed by atoms with Crippen LogP contribution in [-0.2, 0) is 10.0 Å². The third-order valence-electron chi connectivity index (χ3n) is 3.79. The zero-order chi connectivity index (χ0) is 15.6. The molecule has 116 valence electrons. The number of hydrogen-bond donors (Lipinski definition) is 2. The Morgan fingerprint density at radius 3 is 2.52 bits per heavy atom. The molecule has 21 heavy (non-hydrogen) atoms. The number of nitrogens with zero attached hydrogens (tertiary/aromatic N) is 1. The highest BCUT2D eigenvalue weighted by Crippen LogP contribution is 2.26. The lowest BCUT2D eigenvalue weighted by Gasteiger charge is -2.25. The monoisotopic (exact) mass is 311 g/mol. The maximum Gasteiger partial charge on any atom is 0.251 e. The van der Waals surface area contributed by atoms with Crippen LogP contribution >= 0.6 is 0 Å². The number of anilines is 1. The molecule has 0 spiro atoms. The summed E-state index contributed by atoms with van der Waals surface area (Å²) in [5.74, 6) is 0.282. The molecule has 2 rings (SSSR count). The number of sulfonamides is 1. The highest BCUT2D eigenvalue weighted by Gasteiger charge is 2.21. The fourth-order valence-corrected chi connectivity index (χ4v) is 3.12. The van der Waals surface area contributed by atoms with E-state index in [-0.39, 0.29) is 10.8 Å². The van der Waals surface area contributed by atoms with Gasteiger partial charge in [-0.2, -0.15) is 0 Å². The van der Waals surface area contributed by atoms with Crippen molar-refractivity contribution in [1.29, 1.82) is 0 Å². The standard InChI is InChI=1S/C14H21N3O3S/c1-17(2)12-7-6-11(8-13(12)21(15,19)20)14(18)16-9-10-4-3-5-10/h6-8,10H,3-5,9H2,1-2H3,(H,16,18)(H2,15,19,20).